The van der Waals surface area contributed by atoms with Gasteiger partial charge in [-0.15, -0.1) is 0 Å². The predicted octanol–water partition coefficient (Wildman–Crippen LogP) is 1.12. The van der Waals surface area contributed by atoms with E-state index in [1.807, 2.05) is 0 Å². The van der Waals surface area contributed by atoms with Crippen molar-refractivity contribution in [3.63, 3.8) is 0 Å². The molecule has 0 aromatic heterocycles. The van der Waals surface area contributed by atoms with E-state index in [1.165, 1.54) is 6.42 Å². The van der Waals surface area contributed by atoms with Crippen LogP contribution in [0.2, 0.25) is 0 Å². The Morgan fingerprint density at radius 2 is 2.04 bits per heavy atom. The Bertz CT molecular complexity index is 517. The fraction of sp³-hybridized carbons (Fsp3) is 0.750. The minimum atomic E-state index is -0.882. The fourth-order valence-electron chi connectivity index (χ4n) is 2.99. The average molecular weight is 323 g/mol. The van der Waals surface area contributed by atoms with Gasteiger partial charge in [0.1, 0.15) is 5.71 Å². The zero-order valence-corrected chi connectivity index (χ0v) is 13.9. The quantitative estimate of drug-likeness (QED) is 0.758. The minimum absolute atomic E-state index is 0.124. The third kappa shape index (κ3) is 4.53. The first kappa shape index (κ1) is 17.4. The Labute approximate surface area is 136 Å². The SMILES string of the molecule is C[C@@H]1[C@H](C)CCC[C@@H]1NC(=O)[C@@H](C)OC(=O)C1=NNC(=O)CC1. The van der Waals surface area contributed by atoms with Crippen LogP contribution in [0, 0.1) is 11.8 Å². The number of rotatable bonds is 4. The van der Waals surface area contributed by atoms with Crippen molar-refractivity contribution in [3.8, 4) is 0 Å². The number of esters is 1. The molecule has 2 N–H and O–H groups in total. The largest absolute Gasteiger partial charge is 0.448 e. The standard InChI is InChI=1S/C16H25N3O4/c1-9-5-4-6-12(10(9)2)17-15(21)11(3)23-16(22)13-7-8-14(20)19-18-13/h9-12H,4-8H2,1-3H3,(H,17,21)(H,19,20)/t9-,10-,11-,12+/m1/s1. The number of hydrogen-bond donors (Lipinski definition) is 2. The Kier molecular flexibility index (Phi) is 5.74. The molecule has 2 rings (SSSR count). The third-order valence-corrected chi connectivity index (χ3v) is 4.83. The molecule has 2 aliphatic rings. The Morgan fingerprint density at radius 1 is 1.30 bits per heavy atom. The van der Waals surface area contributed by atoms with Gasteiger partial charge >= 0.3 is 5.97 Å². The molecule has 0 bridgehead atoms. The molecule has 0 radical (unpaired) electrons. The summed E-state index contributed by atoms with van der Waals surface area (Å²) in [6, 6.07) is 0.124. The number of amides is 2. The lowest BCUT2D eigenvalue weighted by Crippen LogP contribution is -2.48. The first-order valence-electron chi connectivity index (χ1n) is 8.25. The number of nitrogens with zero attached hydrogens (tertiary/aromatic N) is 1. The summed E-state index contributed by atoms with van der Waals surface area (Å²) < 4.78 is 5.16. The summed E-state index contributed by atoms with van der Waals surface area (Å²) in [6.45, 7) is 5.89. The van der Waals surface area contributed by atoms with Gasteiger partial charge in [-0.1, -0.05) is 26.7 Å². The molecule has 23 heavy (non-hydrogen) atoms. The van der Waals surface area contributed by atoms with E-state index in [1.54, 1.807) is 6.92 Å². The van der Waals surface area contributed by atoms with Crippen LogP contribution in [-0.4, -0.2) is 35.6 Å². The molecule has 128 valence electrons. The second-order valence-electron chi connectivity index (χ2n) is 6.52. The van der Waals surface area contributed by atoms with Gasteiger partial charge in [-0.25, -0.2) is 10.2 Å². The number of ether oxygens (including phenoxy) is 1. The summed E-state index contributed by atoms with van der Waals surface area (Å²) in [6.07, 6.45) is 2.79. The molecule has 0 aromatic rings. The average Bonchev–Trinajstić information content (AvgIpc) is 2.52. The Morgan fingerprint density at radius 3 is 2.70 bits per heavy atom. The highest BCUT2D eigenvalue weighted by Crippen LogP contribution is 2.29. The lowest BCUT2D eigenvalue weighted by atomic mass is 9.78. The van der Waals surface area contributed by atoms with Gasteiger partial charge in [0.25, 0.3) is 5.91 Å². The van der Waals surface area contributed by atoms with E-state index in [-0.39, 0.29) is 36.4 Å². The minimum Gasteiger partial charge on any atom is -0.448 e. The van der Waals surface area contributed by atoms with Gasteiger partial charge in [-0.3, -0.25) is 9.59 Å². The van der Waals surface area contributed by atoms with E-state index in [9.17, 15) is 14.4 Å². The van der Waals surface area contributed by atoms with Crippen LogP contribution in [0.1, 0.15) is 52.9 Å². The van der Waals surface area contributed by atoms with Crippen molar-refractivity contribution >= 4 is 23.5 Å². The summed E-state index contributed by atoms with van der Waals surface area (Å²) in [5, 5.41) is 6.66. The molecule has 1 aliphatic carbocycles. The molecule has 0 unspecified atom stereocenters. The zero-order valence-electron chi connectivity index (χ0n) is 13.9. The number of carbonyl (C=O) groups excluding carboxylic acids is 3. The van der Waals surface area contributed by atoms with Crippen molar-refractivity contribution < 1.29 is 19.1 Å². The van der Waals surface area contributed by atoms with Crippen molar-refractivity contribution in [1.82, 2.24) is 10.7 Å². The number of carbonyl (C=O) groups is 3. The zero-order chi connectivity index (χ0) is 17.0. The highest BCUT2D eigenvalue weighted by molar-refractivity contribution is 6.37. The maximum atomic E-state index is 12.2. The summed E-state index contributed by atoms with van der Waals surface area (Å²) >= 11 is 0. The van der Waals surface area contributed by atoms with Gasteiger partial charge in [0, 0.05) is 18.9 Å². The smallest absolute Gasteiger partial charge is 0.355 e. The molecule has 4 atom stereocenters. The van der Waals surface area contributed by atoms with E-state index < -0.39 is 12.1 Å². The van der Waals surface area contributed by atoms with Crippen LogP contribution in [0.5, 0.6) is 0 Å². The number of hydrogen-bond acceptors (Lipinski definition) is 5. The van der Waals surface area contributed by atoms with Crippen LogP contribution in [0.15, 0.2) is 5.10 Å². The molecule has 7 nitrogen and oxygen atoms in total. The molecule has 0 spiro atoms. The molecular weight excluding hydrogens is 298 g/mol. The topological polar surface area (TPSA) is 96.9 Å². The maximum Gasteiger partial charge on any atom is 0.355 e. The van der Waals surface area contributed by atoms with Crippen LogP contribution in [0.4, 0.5) is 0 Å². The van der Waals surface area contributed by atoms with Crippen LogP contribution in [-0.2, 0) is 19.1 Å². The van der Waals surface area contributed by atoms with Crippen molar-refractivity contribution in [2.45, 2.75) is 65.0 Å². The third-order valence-electron chi connectivity index (χ3n) is 4.83. The monoisotopic (exact) mass is 323 g/mol. The first-order chi connectivity index (χ1) is 10.9. The second-order valence-corrected chi connectivity index (χ2v) is 6.52. The van der Waals surface area contributed by atoms with Crippen molar-refractivity contribution in [1.29, 1.82) is 0 Å². The Balaban J connectivity index is 1.85. The van der Waals surface area contributed by atoms with Gasteiger partial charge < -0.3 is 10.1 Å². The molecule has 1 fully saturated rings. The molecule has 1 heterocycles. The van der Waals surface area contributed by atoms with E-state index in [0.717, 1.165) is 12.8 Å². The van der Waals surface area contributed by atoms with Gasteiger partial charge in [0.2, 0.25) is 5.91 Å². The van der Waals surface area contributed by atoms with E-state index in [0.29, 0.717) is 11.8 Å². The van der Waals surface area contributed by atoms with E-state index in [4.69, 9.17) is 4.74 Å². The highest BCUT2D eigenvalue weighted by Gasteiger charge is 2.30. The van der Waals surface area contributed by atoms with Crippen molar-refractivity contribution in [3.05, 3.63) is 0 Å². The molecular formula is C16H25N3O4. The first-order valence-corrected chi connectivity index (χ1v) is 8.25. The van der Waals surface area contributed by atoms with Crippen molar-refractivity contribution in [2.75, 3.05) is 0 Å². The predicted molar refractivity (Wildman–Crippen MR) is 84.5 cm³/mol. The van der Waals surface area contributed by atoms with Crippen LogP contribution < -0.4 is 10.7 Å². The molecule has 1 saturated carbocycles. The van der Waals surface area contributed by atoms with Crippen molar-refractivity contribution in [2.24, 2.45) is 16.9 Å². The maximum absolute atomic E-state index is 12.2. The summed E-state index contributed by atoms with van der Waals surface area (Å²) in [4.78, 5) is 35.2. The summed E-state index contributed by atoms with van der Waals surface area (Å²) in [7, 11) is 0. The molecule has 1 aliphatic heterocycles. The molecule has 7 heteroatoms. The molecule has 2 amide bonds. The van der Waals surface area contributed by atoms with E-state index >= 15 is 0 Å². The lowest BCUT2D eigenvalue weighted by Gasteiger charge is -2.35. The van der Waals surface area contributed by atoms with Gasteiger partial charge in [-0.2, -0.15) is 5.10 Å². The van der Waals surface area contributed by atoms with Crippen LogP contribution in [0.3, 0.4) is 0 Å². The molecule has 0 aromatic carbocycles. The fourth-order valence-corrected chi connectivity index (χ4v) is 2.99. The van der Waals surface area contributed by atoms with Crippen LogP contribution in [0.25, 0.3) is 0 Å². The van der Waals surface area contributed by atoms with Gasteiger partial charge in [-0.05, 0) is 25.2 Å². The summed E-state index contributed by atoms with van der Waals surface area (Å²) in [5.74, 6) is -0.184. The highest BCUT2D eigenvalue weighted by atomic mass is 16.5. The number of hydrazone groups is 1. The molecule has 0 saturated heterocycles. The van der Waals surface area contributed by atoms with E-state index in [2.05, 4.69) is 29.7 Å². The van der Waals surface area contributed by atoms with Crippen LogP contribution >= 0.6 is 0 Å². The lowest BCUT2D eigenvalue weighted by molar-refractivity contribution is -0.149. The normalized spacial score (nSPS) is 29.1. The Hall–Kier alpha value is -1.92. The second kappa shape index (κ2) is 7.57. The van der Waals surface area contributed by atoms with Gasteiger partial charge in [0.15, 0.2) is 6.10 Å². The number of nitrogens with one attached hydrogen (secondary N) is 2. The van der Waals surface area contributed by atoms with Gasteiger partial charge in [0.05, 0.1) is 0 Å². The summed E-state index contributed by atoms with van der Waals surface area (Å²) in [5.41, 5.74) is 2.38.